The highest BCUT2D eigenvalue weighted by molar-refractivity contribution is 5.62. The van der Waals surface area contributed by atoms with E-state index in [1.165, 1.54) is 11.1 Å². The zero-order valence-electron chi connectivity index (χ0n) is 11.3. The molecule has 2 nitrogen and oxygen atoms in total. The minimum atomic E-state index is 0.270. The minimum Gasteiger partial charge on any atom is -0.500 e. The van der Waals surface area contributed by atoms with E-state index >= 15 is 0 Å². The van der Waals surface area contributed by atoms with Crippen molar-refractivity contribution in [3.63, 3.8) is 0 Å². The molecule has 0 bridgehead atoms. The quantitative estimate of drug-likeness (QED) is 0.751. The smallest absolute Gasteiger partial charge is 0.0928 e. The van der Waals surface area contributed by atoms with Crippen LogP contribution in [0.15, 0.2) is 36.6 Å². The van der Waals surface area contributed by atoms with Crippen molar-refractivity contribution in [1.82, 2.24) is 0 Å². The lowest BCUT2D eigenvalue weighted by atomic mass is 9.83. The van der Waals surface area contributed by atoms with Crippen LogP contribution in [0.3, 0.4) is 0 Å². The van der Waals surface area contributed by atoms with E-state index in [1.807, 2.05) is 24.5 Å². The summed E-state index contributed by atoms with van der Waals surface area (Å²) < 4.78 is 11.2. The van der Waals surface area contributed by atoms with Gasteiger partial charge in [-0.15, -0.1) is 0 Å². The summed E-state index contributed by atoms with van der Waals surface area (Å²) in [6, 6.07) is 10.3. The van der Waals surface area contributed by atoms with E-state index in [2.05, 4.69) is 26.0 Å². The van der Waals surface area contributed by atoms with Gasteiger partial charge in [-0.1, -0.05) is 37.3 Å². The Labute approximate surface area is 110 Å². The van der Waals surface area contributed by atoms with Crippen molar-refractivity contribution < 1.29 is 9.47 Å². The van der Waals surface area contributed by atoms with Gasteiger partial charge in [-0.05, 0) is 30.9 Å². The lowest BCUT2D eigenvalue weighted by molar-refractivity contribution is -0.00893. The van der Waals surface area contributed by atoms with Gasteiger partial charge in [0.1, 0.15) is 0 Å². The highest BCUT2D eigenvalue weighted by atomic mass is 16.5. The molecule has 2 heteroatoms. The largest absolute Gasteiger partial charge is 0.500 e. The molecule has 0 radical (unpaired) electrons. The van der Waals surface area contributed by atoms with E-state index in [0.29, 0.717) is 0 Å². The second-order valence-electron chi connectivity index (χ2n) is 5.40. The van der Waals surface area contributed by atoms with Gasteiger partial charge >= 0.3 is 0 Å². The summed E-state index contributed by atoms with van der Waals surface area (Å²) in [5, 5.41) is 0. The van der Waals surface area contributed by atoms with Crippen molar-refractivity contribution in [3.05, 3.63) is 42.2 Å². The zero-order chi connectivity index (χ0) is 12.8. The highest BCUT2D eigenvalue weighted by Gasteiger charge is 2.27. The van der Waals surface area contributed by atoms with Crippen LogP contribution in [0.2, 0.25) is 0 Å². The molecular formula is C16H22O2. The van der Waals surface area contributed by atoms with Gasteiger partial charge < -0.3 is 9.47 Å². The minimum absolute atomic E-state index is 0.270. The van der Waals surface area contributed by atoms with E-state index in [1.54, 1.807) is 0 Å². The normalized spacial score (nSPS) is 19.6. The molecule has 0 aliphatic carbocycles. The molecule has 1 aliphatic heterocycles. The average molecular weight is 246 g/mol. The number of rotatable bonds is 4. The van der Waals surface area contributed by atoms with Gasteiger partial charge in [0.25, 0.3) is 0 Å². The van der Waals surface area contributed by atoms with E-state index in [0.717, 1.165) is 32.7 Å². The molecule has 0 atom stereocenters. The molecule has 1 aliphatic rings. The van der Waals surface area contributed by atoms with E-state index in [-0.39, 0.29) is 5.41 Å². The maximum Gasteiger partial charge on any atom is 0.0928 e. The Morgan fingerprint density at radius 1 is 1.28 bits per heavy atom. The van der Waals surface area contributed by atoms with E-state index in [9.17, 15) is 0 Å². The van der Waals surface area contributed by atoms with Crippen LogP contribution in [0.4, 0.5) is 0 Å². The fraction of sp³-hybridized carbons (Fsp3) is 0.500. The topological polar surface area (TPSA) is 18.5 Å². The first kappa shape index (κ1) is 13.2. The molecule has 0 unspecified atom stereocenters. The van der Waals surface area contributed by atoms with Crippen LogP contribution in [0.5, 0.6) is 0 Å². The number of ether oxygens (including phenoxy) is 2. The molecule has 1 saturated heterocycles. The number of hydrogen-bond donors (Lipinski definition) is 0. The molecule has 1 aromatic carbocycles. The Kier molecular flexibility index (Phi) is 4.43. The van der Waals surface area contributed by atoms with Crippen molar-refractivity contribution in [2.24, 2.45) is 5.41 Å². The fourth-order valence-electron chi connectivity index (χ4n) is 2.15. The number of benzene rings is 1. The number of allylic oxidation sites excluding steroid dienone is 1. The molecule has 2 rings (SSSR count). The van der Waals surface area contributed by atoms with Crippen molar-refractivity contribution in [2.75, 3.05) is 19.8 Å². The average Bonchev–Trinajstić information content (AvgIpc) is 2.40. The maximum atomic E-state index is 5.77. The van der Waals surface area contributed by atoms with Crippen LogP contribution in [-0.2, 0) is 9.47 Å². The van der Waals surface area contributed by atoms with Crippen LogP contribution >= 0.6 is 0 Å². The summed E-state index contributed by atoms with van der Waals surface area (Å²) in [6.07, 6.45) is 4.06. The predicted molar refractivity (Wildman–Crippen MR) is 74.2 cm³/mol. The highest BCUT2D eigenvalue weighted by Crippen LogP contribution is 2.30. The molecular weight excluding hydrogens is 224 g/mol. The third-order valence-electron chi connectivity index (χ3n) is 3.62. The second kappa shape index (κ2) is 6.05. The van der Waals surface area contributed by atoms with Crippen molar-refractivity contribution in [2.45, 2.75) is 26.7 Å². The van der Waals surface area contributed by atoms with Gasteiger partial charge in [-0.3, -0.25) is 0 Å². The summed E-state index contributed by atoms with van der Waals surface area (Å²) in [5.74, 6) is 0. The lowest BCUT2D eigenvalue weighted by Crippen LogP contribution is -2.30. The van der Waals surface area contributed by atoms with Crippen LogP contribution in [0.25, 0.3) is 5.57 Å². The summed E-state index contributed by atoms with van der Waals surface area (Å²) in [5.41, 5.74) is 2.66. The molecule has 0 aromatic heterocycles. The Morgan fingerprint density at radius 3 is 2.61 bits per heavy atom. The first-order chi connectivity index (χ1) is 8.70. The molecule has 18 heavy (non-hydrogen) atoms. The third kappa shape index (κ3) is 3.61. The van der Waals surface area contributed by atoms with Crippen molar-refractivity contribution >= 4 is 5.57 Å². The maximum absolute atomic E-state index is 5.77. The van der Waals surface area contributed by atoms with E-state index < -0.39 is 0 Å². The zero-order valence-corrected chi connectivity index (χ0v) is 11.3. The van der Waals surface area contributed by atoms with Gasteiger partial charge in [-0.25, -0.2) is 0 Å². The summed E-state index contributed by atoms with van der Waals surface area (Å²) in [4.78, 5) is 0. The van der Waals surface area contributed by atoms with Crippen LogP contribution in [0, 0.1) is 5.41 Å². The van der Waals surface area contributed by atoms with E-state index in [4.69, 9.17) is 9.47 Å². The van der Waals surface area contributed by atoms with Gasteiger partial charge in [0.05, 0.1) is 12.9 Å². The molecule has 0 spiro atoms. The summed E-state index contributed by atoms with van der Waals surface area (Å²) >= 11 is 0. The SMILES string of the molecule is C/C(=C/OCC1(C)CCOCC1)c1ccccc1. The Balaban J connectivity index is 1.87. The van der Waals surface area contributed by atoms with Crippen LogP contribution in [0.1, 0.15) is 32.3 Å². The monoisotopic (exact) mass is 246 g/mol. The molecule has 1 aromatic rings. The first-order valence-electron chi connectivity index (χ1n) is 6.61. The molecule has 98 valence electrons. The first-order valence-corrected chi connectivity index (χ1v) is 6.61. The predicted octanol–water partition coefficient (Wildman–Crippen LogP) is 3.88. The van der Waals surface area contributed by atoms with Gasteiger partial charge in [0.15, 0.2) is 0 Å². The standard InChI is InChI=1S/C16H22O2/c1-14(15-6-4-3-5-7-15)12-18-13-16(2)8-10-17-11-9-16/h3-7,12H,8-11,13H2,1-2H3/b14-12-. The molecule has 0 saturated carbocycles. The fourth-order valence-corrected chi connectivity index (χ4v) is 2.15. The Morgan fingerprint density at radius 2 is 1.94 bits per heavy atom. The second-order valence-corrected chi connectivity index (χ2v) is 5.40. The summed E-state index contributed by atoms with van der Waals surface area (Å²) in [7, 11) is 0. The van der Waals surface area contributed by atoms with Gasteiger partial charge in [0, 0.05) is 18.6 Å². The molecule has 1 fully saturated rings. The van der Waals surface area contributed by atoms with Gasteiger partial charge in [-0.2, -0.15) is 0 Å². The summed E-state index contributed by atoms with van der Waals surface area (Å²) in [6.45, 7) is 6.87. The van der Waals surface area contributed by atoms with Crippen LogP contribution in [-0.4, -0.2) is 19.8 Å². The molecule has 1 heterocycles. The number of hydrogen-bond acceptors (Lipinski definition) is 2. The van der Waals surface area contributed by atoms with Crippen LogP contribution < -0.4 is 0 Å². The Bertz CT molecular complexity index is 389. The van der Waals surface area contributed by atoms with Gasteiger partial charge in [0.2, 0.25) is 0 Å². The third-order valence-corrected chi connectivity index (χ3v) is 3.62. The Hall–Kier alpha value is -1.28. The lowest BCUT2D eigenvalue weighted by Gasteiger charge is -2.32. The molecule has 0 N–H and O–H groups in total. The van der Waals surface area contributed by atoms with Crippen molar-refractivity contribution in [3.8, 4) is 0 Å². The van der Waals surface area contributed by atoms with Crippen molar-refractivity contribution in [1.29, 1.82) is 0 Å². The molecule has 0 amide bonds.